The average molecular weight is 421 g/mol. The topological polar surface area (TPSA) is 23.6 Å². The van der Waals surface area contributed by atoms with E-state index >= 15 is 0 Å². The number of halogens is 2. The number of carbonyl (C=O) groups is 1. The molecule has 5 heteroatoms. The lowest BCUT2D eigenvalue weighted by Crippen LogP contribution is -2.61. The molecule has 6 rings (SSSR count). The Kier molecular flexibility index (Phi) is 3.90. The SMILES string of the molecule is O=C(N1CCN(c2ccc(F)cc2)CC1)C12CC3CC(CC(Br)(C3)C1)C2. The minimum absolute atomic E-state index is 0.106. The number of nitrogens with zero attached hydrogens (tertiary/aromatic N) is 2. The van der Waals surface area contributed by atoms with Gasteiger partial charge in [0.25, 0.3) is 0 Å². The molecule has 1 amide bonds. The van der Waals surface area contributed by atoms with Gasteiger partial charge in [0, 0.05) is 36.2 Å². The smallest absolute Gasteiger partial charge is 0.228 e. The molecule has 140 valence electrons. The highest BCUT2D eigenvalue weighted by atomic mass is 79.9. The Balaban J connectivity index is 1.28. The van der Waals surface area contributed by atoms with Gasteiger partial charge in [0.15, 0.2) is 0 Å². The summed E-state index contributed by atoms with van der Waals surface area (Å²) >= 11 is 4.02. The largest absolute Gasteiger partial charge is 0.368 e. The van der Waals surface area contributed by atoms with Gasteiger partial charge in [0.1, 0.15) is 5.82 Å². The van der Waals surface area contributed by atoms with Crippen molar-refractivity contribution in [3.8, 4) is 0 Å². The van der Waals surface area contributed by atoms with Gasteiger partial charge >= 0.3 is 0 Å². The zero-order chi connectivity index (χ0) is 17.9. The van der Waals surface area contributed by atoms with Gasteiger partial charge in [-0.05, 0) is 74.6 Å². The van der Waals surface area contributed by atoms with E-state index in [-0.39, 0.29) is 15.6 Å². The fourth-order valence-electron chi connectivity index (χ4n) is 6.56. The molecule has 0 radical (unpaired) electrons. The van der Waals surface area contributed by atoms with Crippen LogP contribution in [0.15, 0.2) is 24.3 Å². The number of rotatable bonds is 2. The lowest BCUT2D eigenvalue weighted by atomic mass is 9.49. The molecule has 1 aromatic carbocycles. The van der Waals surface area contributed by atoms with Crippen LogP contribution < -0.4 is 4.90 Å². The van der Waals surface area contributed by atoms with Crippen LogP contribution in [0, 0.1) is 23.1 Å². The predicted molar refractivity (Wildman–Crippen MR) is 104 cm³/mol. The van der Waals surface area contributed by atoms with Gasteiger partial charge in [-0.3, -0.25) is 4.79 Å². The van der Waals surface area contributed by atoms with Gasteiger partial charge in [-0.1, -0.05) is 15.9 Å². The third-order valence-electron chi connectivity index (χ3n) is 7.20. The first kappa shape index (κ1) is 17.0. The molecule has 4 saturated carbocycles. The number of hydrogen-bond acceptors (Lipinski definition) is 2. The molecule has 5 fully saturated rings. The average Bonchev–Trinajstić information content (AvgIpc) is 2.60. The van der Waals surface area contributed by atoms with E-state index in [1.165, 1.54) is 31.4 Å². The summed E-state index contributed by atoms with van der Waals surface area (Å²) in [6.45, 7) is 3.23. The molecule has 4 bridgehead atoms. The van der Waals surface area contributed by atoms with Crippen LogP contribution in [-0.2, 0) is 4.79 Å². The van der Waals surface area contributed by atoms with Crippen LogP contribution in [0.2, 0.25) is 0 Å². The fourth-order valence-corrected chi connectivity index (χ4v) is 8.01. The second kappa shape index (κ2) is 5.95. The minimum atomic E-state index is -0.201. The van der Waals surface area contributed by atoms with Crippen molar-refractivity contribution >= 4 is 27.5 Å². The van der Waals surface area contributed by atoms with E-state index in [1.54, 1.807) is 0 Å². The maximum atomic E-state index is 13.5. The third kappa shape index (κ3) is 2.78. The molecule has 2 unspecified atom stereocenters. The van der Waals surface area contributed by atoms with E-state index in [0.717, 1.165) is 63.0 Å². The van der Waals surface area contributed by atoms with Gasteiger partial charge < -0.3 is 9.80 Å². The summed E-state index contributed by atoms with van der Waals surface area (Å²) in [5, 5.41) is 0. The molecule has 0 spiro atoms. The van der Waals surface area contributed by atoms with E-state index in [0.29, 0.717) is 5.91 Å². The highest BCUT2D eigenvalue weighted by molar-refractivity contribution is 9.10. The van der Waals surface area contributed by atoms with Crippen LogP contribution in [0.5, 0.6) is 0 Å². The van der Waals surface area contributed by atoms with Gasteiger partial charge in [0.2, 0.25) is 5.91 Å². The minimum Gasteiger partial charge on any atom is -0.368 e. The molecule has 2 atom stereocenters. The van der Waals surface area contributed by atoms with E-state index in [9.17, 15) is 9.18 Å². The molecule has 1 aliphatic heterocycles. The first-order valence-corrected chi connectivity index (χ1v) is 10.7. The van der Waals surface area contributed by atoms with Gasteiger partial charge in [-0.15, -0.1) is 0 Å². The first-order valence-electron chi connectivity index (χ1n) is 9.94. The Morgan fingerprint density at radius 2 is 1.62 bits per heavy atom. The molecule has 0 aromatic heterocycles. The molecule has 4 aliphatic carbocycles. The molecule has 5 aliphatic rings. The number of amides is 1. The number of hydrogen-bond donors (Lipinski definition) is 0. The number of alkyl halides is 1. The maximum Gasteiger partial charge on any atom is 0.228 e. The quantitative estimate of drug-likeness (QED) is 0.668. The maximum absolute atomic E-state index is 13.5. The molecule has 3 nitrogen and oxygen atoms in total. The van der Waals surface area contributed by atoms with Crippen molar-refractivity contribution in [2.45, 2.75) is 42.8 Å². The molecule has 26 heavy (non-hydrogen) atoms. The third-order valence-corrected chi connectivity index (χ3v) is 8.13. The molecule has 0 N–H and O–H groups in total. The Morgan fingerprint density at radius 3 is 2.19 bits per heavy atom. The van der Waals surface area contributed by atoms with Crippen LogP contribution >= 0.6 is 15.9 Å². The van der Waals surface area contributed by atoms with Gasteiger partial charge in [-0.25, -0.2) is 4.39 Å². The van der Waals surface area contributed by atoms with Crippen molar-refractivity contribution in [1.82, 2.24) is 4.90 Å². The summed E-state index contributed by atoms with van der Waals surface area (Å²) in [5.41, 5.74) is 0.943. The normalized spacial score (nSPS) is 38.7. The number of anilines is 1. The molecular weight excluding hydrogens is 395 g/mol. The second-order valence-corrected chi connectivity index (χ2v) is 10.8. The van der Waals surface area contributed by atoms with Crippen LogP contribution in [0.3, 0.4) is 0 Å². The lowest BCUT2D eigenvalue weighted by Gasteiger charge is -2.60. The molecule has 1 heterocycles. The Bertz CT molecular complexity index is 699. The summed E-state index contributed by atoms with van der Waals surface area (Å²) in [4.78, 5) is 17.9. The summed E-state index contributed by atoms with van der Waals surface area (Å²) < 4.78 is 13.4. The van der Waals surface area contributed by atoms with Crippen LogP contribution in [0.1, 0.15) is 38.5 Å². The lowest BCUT2D eigenvalue weighted by molar-refractivity contribution is -0.155. The van der Waals surface area contributed by atoms with Crippen molar-refractivity contribution in [2.75, 3.05) is 31.1 Å². The van der Waals surface area contributed by atoms with E-state index in [1.807, 2.05) is 12.1 Å². The van der Waals surface area contributed by atoms with Crippen LogP contribution in [0.25, 0.3) is 0 Å². The monoisotopic (exact) mass is 420 g/mol. The molecule has 1 aromatic rings. The Labute approximate surface area is 163 Å². The van der Waals surface area contributed by atoms with E-state index in [4.69, 9.17) is 0 Å². The van der Waals surface area contributed by atoms with Crippen molar-refractivity contribution in [3.63, 3.8) is 0 Å². The first-order chi connectivity index (χ1) is 12.4. The molecular formula is C21H26BrFN2O. The number of piperazine rings is 1. The van der Waals surface area contributed by atoms with Crippen molar-refractivity contribution in [2.24, 2.45) is 17.3 Å². The number of carbonyl (C=O) groups excluding carboxylic acids is 1. The van der Waals surface area contributed by atoms with Crippen LogP contribution in [-0.4, -0.2) is 41.3 Å². The van der Waals surface area contributed by atoms with E-state index in [2.05, 4.69) is 25.7 Å². The van der Waals surface area contributed by atoms with Crippen molar-refractivity contribution in [3.05, 3.63) is 30.1 Å². The highest BCUT2D eigenvalue weighted by Crippen LogP contribution is 2.64. The van der Waals surface area contributed by atoms with E-state index < -0.39 is 0 Å². The van der Waals surface area contributed by atoms with Crippen molar-refractivity contribution < 1.29 is 9.18 Å². The second-order valence-electron chi connectivity index (χ2n) is 9.15. The van der Waals surface area contributed by atoms with Gasteiger partial charge in [-0.2, -0.15) is 0 Å². The Hall–Kier alpha value is -1.10. The standard InChI is InChI=1S/C21H26BrFN2O/c22-21-12-15-9-16(13-21)11-20(10-15,14-21)19(26)25-7-5-24(6-8-25)18-3-1-17(23)2-4-18/h1-4,15-16H,5-14H2. The van der Waals surface area contributed by atoms with Crippen LogP contribution in [0.4, 0.5) is 10.1 Å². The summed E-state index contributed by atoms with van der Waals surface area (Å²) in [7, 11) is 0. The zero-order valence-electron chi connectivity index (χ0n) is 15.1. The summed E-state index contributed by atoms with van der Waals surface area (Å²) in [5.74, 6) is 1.68. The fraction of sp³-hybridized carbons (Fsp3) is 0.667. The highest BCUT2D eigenvalue weighted by Gasteiger charge is 2.60. The Morgan fingerprint density at radius 1 is 1.00 bits per heavy atom. The molecule has 1 saturated heterocycles. The number of benzene rings is 1. The van der Waals surface area contributed by atoms with Crippen molar-refractivity contribution in [1.29, 1.82) is 0 Å². The zero-order valence-corrected chi connectivity index (χ0v) is 16.7. The van der Waals surface area contributed by atoms with Gasteiger partial charge in [0.05, 0.1) is 5.41 Å². The predicted octanol–water partition coefficient (Wildman–Crippen LogP) is 4.21. The summed E-state index contributed by atoms with van der Waals surface area (Å²) in [6.07, 6.45) is 7.10. The summed E-state index contributed by atoms with van der Waals surface area (Å²) in [6, 6.07) is 6.69.